The molecule has 1 heteroatoms. The number of hydrogen-bond acceptors (Lipinski definition) is 0. The van der Waals surface area contributed by atoms with Crippen molar-refractivity contribution in [2.24, 2.45) is 5.92 Å². The second kappa shape index (κ2) is 16.3. The van der Waals surface area contributed by atoms with E-state index in [0.29, 0.717) is 0 Å². The molecule has 0 aromatic carbocycles. The van der Waals surface area contributed by atoms with Crippen molar-refractivity contribution in [3.63, 3.8) is 0 Å². The lowest BCUT2D eigenvalue weighted by molar-refractivity contribution is -0.929. The third kappa shape index (κ3) is 16.2. The summed E-state index contributed by atoms with van der Waals surface area (Å²) in [5.74, 6) is 0.833. The van der Waals surface area contributed by atoms with Gasteiger partial charge in [0.2, 0.25) is 0 Å². The highest BCUT2D eigenvalue weighted by Gasteiger charge is 2.24. The summed E-state index contributed by atoms with van der Waals surface area (Å²) in [5, 5.41) is 0. The van der Waals surface area contributed by atoms with Gasteiger partial charge in [-0.15, -0.1) is 0 Å². The van der Waals surface area contributed by atoms with Crippen LogP contribution < -0.4 is 0 Å². The molecule has 0 saturated carbocycles. The third-order valence-corrected chi connectivity index (χ3v) is 3.94. The van der Waals surface area contributed by atoms with Crippen LogP contribution in [0.15, 0.2) is 0 Å². The molecule has 0 rings (SSSR count). The van der Waals surface area contributed by atoms with Crippen molar-refractivity contribution in [1.82, 2.24) is 0 Å². The molecule has 0 atom stereocenters. The van der Waals surface area contributed by atoms with E-state index in [1.165, 1.54) is 82.0 Å². The predicted octanol–water partition coefficient (Wildman–Crippen LogP) is 6.67. The van der Waals surface area contributed by atoms with Crippen molar-refractivity contribution in [3.8, 4) is 0 Å². The number of unbranched alkanes of at least 4 members (excludes halogenated alkanes) is 4. The monoisotopic (exact) mass is 300 g/mol. The van der Waals surface area contributed by atoms with Gasteiger partial charge in [-0.25, -0.2) is 0 Å². The molecule has 0 saturated heterocycles. The minimum Gasteiger partial charge on any atom is -0.324 e. The van der Waals surface area contributed by atoms with Crippen LogP contribution in [0.5, 0.6) is 0 Å². The fourth-order valence-corrected chi connectivity index (χ4v) is 2.64. The van der Waals surface area contributed by atoms with E-state index in [2.05, 4.69) is 48.5 Å². The average Bonchev–Trinajstić information content (AvgIpc) is 2.45. The molecule has 0 N–H and O–H groups in total. The van der Waals surface area contributed by atoms with E-state index in [1.807, 2.05) is 0 Å². The minimum atomic E-state index is 0.833. The van der Waals surface area contributed by atoms with Gasteiger partial charge in [-0.2, -0.15) is 0 Å². The van der Waals surface area contributed by atoms with E-state index in [-0.39, 0.29) is 0 Å². The summed E-state index contributed by atoms with van der Waals surface area (Å²) in [5.41, 5.74) is 0. The van der Waals surface area contributed by atoms with Crippen molar-refractivity contribution >= 4 is 0 Å². The lowest BCUT2D eigenvalue weighted by Crippen LogP contribution is -2.50. The first-order valence-electron chi connectivity index (χ1n) is 9.83. The van der Waals surface area contributed by atoms with E-state index in [1.54, 1.807) is 0 Å². The Bertz CT molecular complexity index is 146. The Labute approximate surface area is 137 Å². The first-order valence-corrected chi connectivity index (χ1v) is 9.83. The molecule has 0 amide bonds. The topological polar surface area (TPSA) is 0 Å². The molecule has 130 valence electrons. The average molecular weight is 301 g/mol. The molecule has 0 aliphatic rings. The smallest absolute Gasteiger partial charge is 0.0786 e. The van der Waals surface area contributed by atoms with Crippen LogP contribution in [0.25, 0.3) is 0 Å². The summed E-state index contributed by atoms with van der Waals surface area (Å²) in [6.07, 6.45) is 11.1. The Morgan fingerprint density at radius 3 is 0.857 bits per heavy atom. The van der Waals surface area contributed by atoms with Gasteiger partial charge in [0, 0.05) is 0 Å². The molecule has 0 heterocycles. The molecule has 0 aromatic rings. The molecule has 0 fully saturated rings. The van der Waals surface area contributed by atoms with Crippen LogP contribution in [0.1, 0.15) is 99.8 Å². The Balaban J connectivity index is 0. The number of quaternary nitrogens is 1. The van der Waals surface area contributed by atoms with Crippen molar-refractivity contribution < 1.29 is 4.48 Å². The second-order valence-corrected chi connectivity index (χ2v) is 7.38. The van der Waals surface area contributed by atoms with Gasteiger partial charge in [-0.05, 0) is 31.6 Å². The highest BCUT2D eigenvalue weighted by molar-refractivity contribution is 4.49. The van der Waals surface area contributed by atoms with Gasteiger partial charge in [0.15, 0.2) is 0 Å². The molecular formula is C20H46N+. The highest BCUT2D eigenvalue weighted by Crippen LogP contribution is 2.16. The van der Waals surface area contributed by atoms with Crippen LogP contribution in [0.4, 0.5) is 0 Å². The molecule has 1 nitrogen and oxygen atoms in total. The molecular weight excluding hydrogens is 254 g/mol. The maximum Gasteiger partial charge on any atom is 0.0786 e. The normalized spacial score (nSPS) is 11.4. The van der Waals surface area contributed by atoms with Gasteiger partial charge in [0.25, 0.3) is 0 Å². The maximum absolute atomic E-state index is 2.33. The van der Waals surface area contributed by atoms with Crippen LogP contribution >= 0.6 is 0 Å². The van der Waals surface area contributed by atoms with Gasteiger partial charge >= 0.3 is 0 Å². The first-order chi connectivity index (χ1) is 9.97. The fraction of sp³-hybridized carbons (Fsp3) is 1.00. The standard InChI is InChI=1S/C16H36N.C4H10/c1-5-9-13-17(14-10-6-2,15-11-7-3)16-12-8-4;1-4(2)3/h5-16H2,1-4H3;4H,1-3H3/q+1;. The van der Waals surface area contributed by atoms with Crippen LogP contribution in [-0.4, -0.2) is 30.7 Å². The Morgan fingerprint density at radius 1 is 0.524 bits per heavy atom. The van der Waals surface area contributed by atoms with Crippen molar-refractivity contribution in [2.45, 2.75) is 99.8 Å². The van der Waals surface area contributed by atoms with Crippen molar-refractivity contribution in [3.05, 3.63) is 0 Å². The van der Waals surface area contributed by atoms with Gasteiger partial charge in [0.1, 0.15) is 0 Å². The summed E-state index contributed by atoms with van der Waals surface area (Å²) in [6, 6.07) is 0. The minimum absolute atomic E-state index is 0.833. The lowest BCUT2D eigenvalue weighted by Gasteiger charge is -2.39. The second-order valence-electron chi connectivity index (χ2n) is 7.38. The van der Waals surface area contributed by atoms with E-state index >= 15 is 0 Å². The largest absolute Gasteiger partial charge is 0.324 e. The quantitative estimate of drug-likeness (QED) is 0.353. The Hall–Kier alpha value is -0.0400. The van der Waals surface area contributed by atoms with Crippen molar-refractivity contribution in [1.29, 1.82) is 0 Å². The van der Waals surface area contributed by atoms with Crippen LogP contribution in [-0.2, 0) is 0 Å². The molecule has 0 aliphatic heterocycles. The Morgan fingerprint density at radius 2 is 0.714 bits per heavy atom. The highest BCUT2D eigenvalue weighted by atomic mass is 15.3. The van der Waals surface area contributed by atoms with Crippen LogP contribution in [0.2, 0.25) is 0 Å². The molecule has 0 radical (unpaired) electrons. The van der Waals surface area contributed by atoms with Gasteiger partial charge in [-0.3, -0.25) is 0 Å². The number of rotatable bonds is 12. The SMILES string of the molecule is CC(C)C.CCCC[N+](CCCC)(CCCC)CCCC. The molecule has 0 unspecified atom stereocenters. The van der Waals surface area contributed by atoms with Crippen molar-refractivity contribution in [2.75, 3.05) is 26.2 Å². The number of nitrogens with zero attached hydrogens (tertiary/aromatic N) is 1. The Kier molecular flexibility index (Phi) is 18.1. The van der Waals surface area contributed by atoms with Crippen LogP contribution in [0, 0.1) is 5.92 Å². The fourth-order valence-electron chi connectivity index (χ4n) is 2.64. The first kappa shape index (κ1) is 23.2. The molecule has 21 heavy (non-hydrogen) atoms. The van der Waals surface area contributed by atoms with Gasteiger partial charge in [-0.1, -0.05) is 74.1 Å². The summed E-state index contributed by atoms with van der Waals surface area (Å²) in [6.45, 7) is 21.5. The van der Waals surface area contributed by atoms with Crippen LogP contribution in [0.3, 0.4) is 0 Å². The third-order valence-electron chi connectivity index (χ3n) is 3.94. The van der Waals surface area contributed by atoms with E-state index in [9.17, 15) is 0 Å². The maximum atomic E-state index is 2.33. The predicted molar refractivity (Wildman–Crippen MR) is 99.9 cm³/mol. The zero-order chi connectivity index (χ0) is 16.6. The van der Waals surface area contributed by atoms with Gasteiger partial charge < -0.3 is 4.48 Å². The summed E-state index contributed by atoms with van der Waals surface area (Å²) < 4.78 is 1.42. The molecule has 0 bridgehead atoms. The zero-order valence-electron chi connectivity index (χ0n) is 16.5. The lowest BCUT2D eigenvalue weighted by atomic mass is 10.1. The molecule has 0 aromatic heterocycles. The molecule has 0 spiro atoms. The summed E-state index contributed by atoms with van der Waals surface area (Å²) in [7, 11) is 0. The number of hydrogen-bond donors (Lipinski definition) is 0. The van der Waals surface area contributed by atoms with Gasteiger partial charge in [0.05, 0.1) is 26.2 Å². The molecule has 0 aliphatic carbocycles. The summed E-state index contributed by atoms with van der Waals surface area (Å²) in [4.78, 5) is 0. The summed E-state index contributed by atoms with van der Waals surface area (Å²) >= 11 is 0. The zero-order valence-corrected chi connectivity index (χ0v) is 16.5. The van der Waals surface area contributed by atoms with E-state index < -0.39 is 0 Å². The van der Waals surface area contributed by atoms with E-state index in [4.69, 9.17) is 0 Å². The van der Waals surface area contributed by atoms with E-state index in [0.717, 1.165) is 5.92 Å².